The van der Waals surface area contributed by atoms with Crippen LogP contribution in [0.3, 0.4) is 0 Å². The molecular formula is C15H21BrClFN2O. The van der Waals surface area contributed by atoms with E-state index in [0.29, 0.717) is 23.6 Å². The van der Waals surface area contributed by atoms with Crippen molar-refractivity contribution in [1.82, 2.24) is 4.90 Å². The van der Waals surface area contributed by atoms with Crippen molar-refractivity contribution in [2.45, 2.75) is 19.5 Å². The lowest BCUT2D eigenvalue weighted by molar-refractivity contribution is 0.189. The Bertz CT molecular complexity index is 481. The molecule has 118 valence electrons. The fraction of sp³-hybridized carbons (Fsp3) is 0.600. The molecule has 1 fully saturated rings. The van der Waals surface area contributed by atoms with Crippen LogP contribution in [0.5, 0.6) is 0 Å². The van der Waals surface area contributed by atoms with Crippen molar-refractivity contribution in [3.8, 4) is 0 Å². The van der Waals surface area contributed by atoms with Crippen LogP contribution in [0.2, 0.25) is 5.02 Å². The summed E-state index contributed by atoms with van der Waals surface area (Å²) in [6, 6.07) is 3.82. The number of hydrogen-bond acceptors (Lipinski definition) is 3. The maximum absolute atomic E-state index is 14.1. The van der Waals surface area contributed by atoms with Gasteiger partial charge in [0.15, 0.2) is 0 Å². The van der Waals surface area contributed by atoms with Gasteiger partial charge in [0.1, 0.15) is 6.17 Å². The summed E-state index contributed by atoms with van der Waals surface area (Å²) in [7, 11) is 0. The normalized spacial score (nSPS) is 18.0. The maximum Gasteiger partial charge on any atom is 0.126 e. The number of rotatable bonds is 5. The molecule has 1 aromatic carbocycles. The molecule has 1 aliphatic heterocycles. The number of piperazine rings is 1. The monoisotopic (exact) mass is 378 g/mol. The summed E-state index contributed by atoms with van der Waals surface area (Å²) in [5.74, 6) is 0. The summed E-state index contributed by atoms with van der Waals surface area (Å²) < 4.78 is 14.8. The molecule has 1 aliphatic rings. The Hall–Kier alpha value is -0.360. The number of benzene rings is 1. The van der Waals surface area contributed by atoms with Crippen LogP contribution in [0.25, 0.3) is 0 Å². The van der Waals surface area contributed by atoms with Gasteiger partial charge < -0.3 is 10.0 Å². The van der Waals surface area contributed by atoms with Crippen LogP contribution in [0.4, 0.5) is 10.1 Å². The molecule has 0 aromatic heterocycles. The molecule has 0 saturated carbocycles. The smallest absolute Gasteiger partial charge is 0.126 e. The molecule has 21 heavy (non-hydrogen) atoms. The van der Waals surface area contributed by atoms with Gasteiger partial charge in [0, 0.05) is 48.4 Å². The third-order valence-corrected chi connectivity index (χ3v) is 5.17. The molecule has 0 bridgehead atoms. The fourth-order valence-corrected chi connectivity index (χ4v) is 3.29. The molecule has 0 amide bonds. The van der Waals surface area contributed by atoms with Crippen LogP contribution in [-0.4, -0.2) is 49.3 Å². The number of hydrogen-bond donors (Lipinski definition) is 1. The van der Waals surface area contributed by atoms with E-state index < -0.39 is 6.17 Å². The highest BCUT2D eigenvalue weighted by atomic mass is 79.9. The number of nitrogens with zero attached hydrogens (tertiary/aromatic N) is 2. The molecule has 0 radical (unpaired) electrons. The first kappa shape index (κ1) is 17.0. The number of halogens is 3. The van der Waals surface area contributed by atoms with Gasteiger partial charge in [0.05, 0.1) is 11.6 Å². The second-order valence-electron chi connectivity index (χ2n) is 5.26. The average molecular weight is 380 g/mol. The number of anilines is 1. The van der Waals surface area contributed by atoms with E-state index in [1.165, 1.54) is 0 Å². The average Bonchev–Trinajstić information content (AvgIpc) is 2.50. The molecule has 6 heteroatoms. The minimum atomic E-state index is -1.04. The molecule has 3 nitrogen and oxygen atoms in total. The Balaban J connectivity index is 2.16. The zero-order valence-electron chi connectivity index (χ0n) is 12.2. The highest BCUT2D eigenvalue weighted by molar-refractivity contribution is 9.10. The summed E-state index contributed by atoms with van der Waals surface area (Å²) in [4.78, 5) is 4.47. The maximum atomic E-state index is 14.1. The summed E-state index contributed by atoms with van der Waals surface area (Å²) in [6.07, 6.45) is -0.621. The Morgan fingerprint density at radius 1 is 1.33 bits per heavy atom. The van der Waals surface area contributed by atoms with Crippen molar-refractivity contribution in [1.29, 1.82) is 0 Å². The summed E-state index contributed by atoms with van der Waals surface area (Å²) in [5, 5.41) is 9.44. The molecule has 0 aliphatic carbocycles. The Morgan fingerprint density at radius 2 is 2.00 bits per heavy atom. The third-order valence-electron chi connectivity index (χ3n) is 3.89. The van der Waals surface area contributed by atoms with Gasteiger partial charge in [-0.2, -0.15) is 0 Å². The van der Waals surface area contributed by atoms with Crippen molar-refractivity contribution < 1.29 is 9.50 Å². The Morgan fingerprint density at radius 3 is 2.57 bits per heavy atom. The standard InChI is InChI=1S/C15H21BrClFN2O/c1-2-14(18)12-9-11(10-13(16)15(12)17)20-5-3-19(4-6-20)7-8-21/h9-10,14,21H,2-8H2,1H3. The van der Waals surface area contributed by atoms with Crippen molar-refractivity contribution in [3.05, 3.63) is 27.2 Å². The van der Waals surface area contributed by atoms with E-state index in [1.54, 1.807) is 0 Å². The van der Waals surface area contributed by atoms with Crippen LogP contribution < -0.4 is 4.90 Å². The first-order valence-electron chi connectivity index (χ1n) is 7.28. The largest absolute Gasteiger partial charge is 0.395 e. The predicted molar refractivity (Wildman–Crippen MR) is 89.0 cm³/mol. The van der Waals surface area contributed by atoms with E-state index in [1.807, 2.05) is 19.1 Å². The van der Waals surface area contributed by atoms with Crippen molar-refractivity contribution in [2.24, 2.45) is 0 Å². The molecule has 2 rings (SSSR count). The van der Waals surface area contributed by atoms with Crippen LogP contribution in [0.15, 0.2) is 16.6 Å². The quantitative estimate of drug-likeness (QED) is 0.846. The molecule has 1 aromatic rings. The molecule has 1 atom stereocenters. The SMILES string of the molecule is CCC(F)c1cc(N2CCN(CCO)CC2)cc(Br)c1Cl. The predicted octanol–water partition coefficient (Wildman–Crippen LogP) is 3.64. The van der Waals surface area contributed by atoms with Crippen LogP contribution in [0, 0.1) is 0 Å². The van der Waals surface area contributed by atoms with Crippen molar-refractivity contribution in [3.63, 3.8) is 0 Å². The first-order chi connectivity index (χ1) is 10.1. The van der Waals surface area contributed by atoms with E-state index in [9.17, 15) is 4.39 Å². The van der Waals surface area contributed by atoms with E-state index in [2.05, 4.69) is 25.7 Å². The van der Waals surface area contributed by atoms with Gasteiger partial charge in [0.25, 0.3) is 0 Å². The fourth-order valence-electron chi connectivity index (χ4n) is 2.60. The Kier molecular flexibility index (Phi) is 6.29. The van der Waals surface area contributed by atoms with Gasteiger partial charge in [0.2, 0.25) is 0 Å². The second-order valence-corrected chi connectivity index (χ2v) is 6.49. The number of aliphatic hydroxyl groups excluding tert-OH is 1. The van der Waals surface area contributed by atoms with Crippen LogP contribution >= 0.6 is 27.5 Å². The summed E-state index contributed by atoms with van der Waals surface area (Å²) >= 11 is 9.63. The van der Waals surface area contributed by atoms with Gasteiger partial charge >= 0.3 is 0 Å². The molecular weight excluding hydrogens is 359 g/mol. The zero-order chi connectivity index (χ0) is 15.4. The van der Waals surface area contributed by atoms with Crippen LogP contribution in [0.1, 0.15) is 25.1 Å². The lowest BCUT2D eigenvalue weighted by Crippen LogP contribution is -2.47. The second kappa shape index (κ2) is 7.77. The molecule has 1 unspecified atom stereocenters. The van der Waals surface area contributed by atoms with E-state index in [0.717, 1.165) is 36.3 Å². The molecule has 1 N–H and O–H groups in total. The molecule has 1 saturated heterocycles. The lowest BCUT2D eigenvalue weighted by atomic mass is 10.1. The van der Waals surface area contributed by atoms with E-state index >= 15 is 0 Å². The van der Waals surface area contributed by atoms with Gasteiger partial charge in [-0.3, -0.25) is 4.90 Å². The first-order valence-corrected chi connectivity index (χ1v) is 8.45. The van der Waals surface area contributed by atoms with Crippen molar-refractivity contribution >= 4 is 33.2 Å². The van der Waals surface area contributed by atoms with E-state index in [4.69, 9.17) is 16.7 Å². The minimum Gasteiger partial charge on any atom is -0.395 e. The lowest BCUT2D eigenvalue weighted by Gasteiger charge is -2.36. The number of aliphatic hydroxyl groups is 1. The van der Waals surface area contributed by atoms with Gasteiger partial charge in [-0.25, -0.2) is 4.39 Å². The zero-order valence-corrected chi connectivity index (χ0v) is 14.5. The third kappa shape index (κ3) is 4.09. The van der Waals surface area contributed by atoms with Gasteiger partial charge in [-0.05, 0) is 34.5 Å². The van der Waals surface area contributed by atoms with Gasteiger partial charge in [-0.1, -0.05) is 18.5 Å². The molecule has 1 heterocycles. The highest BCUT2D eigenvalue weighted by Gasteiger charge is 2.21. The highest BCUT2D eigenvalue weighted by Crippen LogP contribution is 2.37. The topological polar surface area (TPSA) is 26.7 Å². The summed E-state index contributed by atoms with van der Waals surface area (Å²) in [6.45, 7) is 6.27. The summed E-state index contributed by atoms with van der Waals surface area (Å²) in [5.41, 5.74) is 1.56. The molecule has 0 spiro atoms. The minimum absolute atomic E-state index is 0.191. The number of β-amino-alcohol motifs (C(OH)–C–C–N with tert-alkyl or cyclic N) is 1. The number of alkyl halides is 1. The van der Waals surface area contributed by atoms with Crippen molar-refractivity contribution in [2.75, 3.05) is 44.2 Å². The van der Waals surface area contributed by atoms with E-state index in [-0.39, 0.29) is 6.61 Å². The van der Waals surface area contributed by atoms with Gasteiger partial charge in [-0.15, -0.1) is 0 Å². The Labute approximate surface area is 138 Å². The van der Waals surface area contributed by atoms with Crippen LogP contribution in [-0.2, 0) is 0 Å².